The van der Waals surface area contributed by atoms with Crippen LogP contribution >= 0.6 is 0 Å². The van der Waals surface area contributed by atoms with Gasteiger partial charge in [-0.2, -0.15) is 13.2 Å². The zero-order chi connectivity index (χ0) is 14.6. The van der Waals surface area contributed by atoms with Crippen molar-refractivity contribution in [1.29, 1.82) is 0 Å². The second-order valence-electron chi connectivity index (χ2n) is 3.68. The van der Waals surface area contributed by atoms with Gasteiger partial charge in [0.1, 0.15) is 11.9 Å². The van der Waals surface area contributed by atoms with Gasteiger partial charge in [0.15, 0.2) is 0 Å². The average molecular weight is 279 g/mol. The summed E-state index contributed by atoms with van der Waals surface area (Å²) in [6, 6.07) is 0.421. The van der Waals surface area contributed by atoms with E-state index in [4.69, 9.17) is 5.11 Å². The average Bonchev–Trinajstić information content (AvgIpc) is 2.29. The highest BCUT2D eigenvalue weighted by molar-refractivity contribution is 5.76. The van der Waals surface area contributed by atoms with E-state index in [0.717, 1.165) is 12.1 Å². The van der Waals surface area contributed by atoms with Crippen molar-refractivity contribution in [2.24, 2.45) is 0 Å². The predicted molar refractivity (Wildman–Crippen MR) is 55.7 cm³/mol. The fraction of sp³-hybridized carbons (Fsp3) is 0.273. The number of alkyl halides is 3. The lowest BCUT2D eigenvalue weighted by Gasteiger charge is -2.16. The van der Waals surface area contributed by atoms with Crippen molar-refractivity contribution in [1.82, 2.24) is 5.32 Å². The van der Waals surface area contributed by atoms with E-state index in [-0.39, 0.29) is 12.5 Å². The number of hydrogen-bond donors (Lipinski definition) is 2. The van der Waals surface area contributed by atoms with E-state index in [1.165, 1.54) is 0 Å². The van der Waals surface area contributed by atoms with Crippen LogP contribution in [0.2, 0.25) is 0 Å². The molecule has 0 saturated heterocycles. The third-order valence-corrected chi connectivity index (χ3v) is 2.37. The van der Waals surface area contributed by atoms with Crippen LogP contribution in [-0.4, -0.2) is 23.5 Å². The molecule has 8 heteroatoms. The van der Waals surface area contributed by atoms with Crippen molar-refractivity contribution in [2.75, 3.05) is 0 Å². The van der Waals surface area contributed by atoms with Gasteiger partial charge < -0.3 is 10.4 Å². The minimum atomic E-state index is -4.80. The van der Waals surface area contributed by atoms with Gasteiger partial charge >= 0.3 is 12.1 Å². The highest BCUT2D eigenvalue weighted by Gasteiger charge is 2.34. The molecule has 1 aromatic rings. The minimum Gasteiger partial charge on any atom is -0.480 e. The Morgan fingerprint density at radius 1 is 1.42 bits per heavy atom. The Morgan fingerprint density at radius 3 is 2.53 bits per heavy atom. The maximum Gasteiger partial charge on any atom is 0.416 e. The quantitative estimate of drug-likeness (QED) is 0.635. The van der Waals surface area contributed by atoms with Crippen molar-refractivity contribution in [3.63, 3.8) is 0 Å². The summed E-state index contributed by atoms with van der Waals surface area (Å²) in [5, 5.41) is 10.6. The van der Waals surface area contributed by atoms with Crippen LogP contribution < -0.4 is 5.32 Å². The highest BCUT2D eigenvalue weighted by atomic mass is 19.4. The van der Waals surface area contributed by atoms with Gasteiger partial charge in [0.25, 0.3) is 0 Å². The van der Waals surface area contributed by atoms with Gasteiger partial charge in [-0.15, -0.1) is 0 Å². The summed E-state index contributed by atoms with van der Waals surface area (Å²) in [5.74, 6) is -2.56. The number of benzene rings is 1. The second-order valence-corrected chi connectivity index (χ2v) is 3.68. The molecule has 0 aromatic heterocycles. The number of carboxylic acid groups (broad SMARTS) is 1. The Labute approximate surface area is 105 Å². The van der Waals surface area contributed by atoms with Crippen LogP contribution in [0.1, 0.15) is 11.1 Å². The Kier molecular flexibility index (Phi) is 4.47. The molecule has 0 aliphatic carbocycles. The lowest BCUT2D eigenvalue weighted by molar-refractivity contribution is -0.142. The SMILES string of the molecule is O=CNC(Cc1ccc(F)cc1C(F)(F)F)C(=O)O. The van der Waals surface area contributed by atoms with Crippen molar-refractivity contribution >= 4 is 12.4 Å². The van der Waals surface area contributed by atoms with Gasteiger partial charge in [0.05, 0.1) is 5.56 Å². The number of carbonyl (C=O) groups is 2. The summed E-state index contributed by atoms with van der Waals surface area (Å²) in [4.78, 5) is 20.9. The van der Waals surface area contributed by atoms with E-state index in [1.54, 1.807) is 0 Å². The lowest BCUT2D eigenvalue weighted by atomic mass is 9.99. The third-order valence-electron chi connectivity index (χ3n) is 2.37. The summed E-state index contributed by atoms with van der Waals surface area (Å²) in [6.45, 7) is 0. The number of aliphatic carboxylic acids is 1. The first kappa shape index (κ1) is 14.9. The number of hydrogen-bond acceptors (Lipinski definition) is 2. The molecular formula is C11H9F4NO3. The molecule has 0 aliphatic rings. The molecule has 0 bridgehead atoms. The van der Waals surface area contributed by atoms with Crippen molar-refractivity contribution in [3.8, 4) is 0 Å². The van der Waals surface area contributed by atoms with Gasteiger partial charge in [0, 0.05) is 6.42 Å². The summed E-state index contributed by atoms with van der Waals surface area (Å²) in [5.41, 5.74) is -1.66. The van der Waals surface area contributed by atoms with E-state index in [9.17, 15) is 27.2 Å². The van der Waals surface area contributed by atoms with Gasteiger partial charge in [-0.25, -0.2) is 9.18 Å². The molecule has 19 heavy (non-hydrogen) atoms. The van der Waals surface area contributed by atoms with E-state index in [2.05, 4.69) is 0 Å². The number of halogens is 4. The topological polar surface area (TPSA) is 66.4 Å². The maximum absolute atomic E-state index is 12.8. The molecule has 1 unspecified atom stereocenters. The van der Waals surface area contributed by atoms with Gasteiger partial charge in [-0.3, -0.25) is 4.79 Å². The predicted octanol–water partition coefficient (Wildman–Crippen LogP) is 1.59. The molecule has 0 radical (unpaired) electrons. The molecule has 4 nitrogen and oxygen atoms in total. The zero-order valence-corrected chi connectivity index (χ0v) is 9.37. The Morgan fingerprint density at radius 2 is 2.05 bits per heavy atom. The summed E-state index contributed by atoms with van der Waals surface area (Å²) >= 11 is 0. The molecule has 0 aliphatic heterocycles. The number of carbonyl (C=O) groups excluding carboxylic acids is 1. The Balaban J connectivity index is 3.12. The van der Waals surface area contributed by atoms with Crippen molar-refractivity contribution < 1.29 is 32.3 Å². The summed E-state index contributed by atoms with van der Waals surface area (Å²) < 4.78 is 50.8. The number of amides is 1. The first-order valence-corrected chi connectivity index (χ1v) is 5.04. The molecule has 1 atom stereocenters. The van der Waals surface area contributed by atoms with Crippen molar-refractivity contribution in [2.45, 2.75) is 18.6 Å². The summed E-state index contributed by atoms with van der Waals surface area (Å²) in [7, 11) is 0. The third kappa shape index (κ3) is 3.94. The molecule has 0 heterocycles. The molecule has 0 spiro atoms. The first-order valence-electron chi connectivity index (χ1n) is 5.04. The fourth-order valence-corrected chi connectivity index (χ4v) is 1.51. The number of rotatable bonds is 5. The van der Waals surface area contributed by atoms with E-state index >= 15 is 0 Å². The zero-order valence-electron chi connectivity index (χ0n) is 9.37. The van der Waals surface area contributed by atoms with Crippen LogP contribution in [0.4, 0.5) is 17.6 Å². The largest absolute Gasteiger partial charge is 0.480 e. The van der Waals surface area contributed by atoms with Crippen LogP contribution in [0.3, 0.4) is 0 Å². The molecule has 1 rings (SSSR count). The monoisotopic (exact) mass is 279 g/mol. The van der Waals surface area contributed by atoms with E-state index < -0.39 is 41.6 Å². The molecular weight excluding hydrogens is 270 g/mol. The number of nitrogens with one attached hydrogen (secondary N) is 1. The molecule has 2 N–H and O–H groups in total. The first-order chi connectivity index (χ1) is 8.75. The Bertz CT molecular complexity index is 487. The van der Waals surface area contributed by atoms with Crippen LogP contribution in [-0.2, 0) is 22.2 Å². The normalized spacial score (nSPS) is 12.8. The van der Waals surface area contributed by atoms with Crippen LogP contribution in [0, 0.1) is 5.82 Å². The van der Waals surface area contributed by atoms with E-state index in [0.29, 0.717) is 0 Å². The van der Waals surface area contributed by atoms with Crippen molar-refractivity contribution in [3.05, 3.63) is 35.1 Å². The molecule has 1 amide bonds. The van der Waals surface area contributed by atoms with Gasteiger partial charge in [-0.1, -0.05) is 6.07 Å². The van der Waals surface area contributed by atoms with Gasteiger partial charge in [0.2, 0.25) is 6.41 Å². The maximum atomic E-state index is 12.8. The molecule has 0 fully saturated rings. The highest BCUT2D eigenvalue weighted by Crippen LogP contribution is 2.33. The van der Waals surface area contributed by atoms with Gasteiger partial charge in [-0.05, 0) is 17.7 Å². The number of carboxylic acids is 1. The van der Waals surface area contributed by atoms with Crippen LogP contribution in [0.15, 0.2) is 18.2 Å². The Hall–Kier alpha value is -2.12. The van der Waals surface area contributed by atoms with Crippen LogP contribution in [0.5, 0.6) is 0 Å². The molecule has 0 saturated carbocycles. The molecule has 1 aromatic carbocycles. The minimum absolute atomic E-state index is 0.0789. The standard InChI is InChI=1S/C11H9F4NO3/c12-7-2-1-6(8(4-7)11(13,14)15)3-9(10(18)19)16-5-17/h1-2,4-5,9H,3H2,(H,16,17)(H,18,19). The lowest BCUT2D eigenvalue weighted by Crippen LogP contribution is -2.38. The molecule has 104 valence electrons. The fourth-order valence-electron chi connectivity index (χ4n) is 1.51. The summed E-state index contributed by atoms with van der Waals surface area (Å²) in [6.07, 6.45) is -5.32. The second kappa shape index (κ2) is 5.68. The van der Waals surface area contributed by atoms with Crippen LogP contribution in [0.25, 0.3) is 0 Å². The van der Waals surface area contributed by atoms with E-state index in [1.807, 2.05) is 5.32 Å². The smallest absolute Gasteiger partial charge is 0.416 e.